The Morgan fingerprint density at radius 3 is 1.75 bits per heavy atom. The number of nitrogens with zero attached hydrogens (tertiary/aromatic N) is 7. The Hall–Kier alpha value is -8.03. The summed E-state index contributed by atoms with van der Waals surface area (Å²) < 4.78 is 7.01. The molecule has 1 aliphatic rings. The van der Waals surface area contributed by atoms with Crippen LogP contribution in [0.2, 0.25) is 0 Å². The van der Waals surface area contributed by atoms with Crippen molar-refractivity contribution in [1.82, 2.24) is 28.7 Å². The van der Waals surface area contributed by atoms with Crippen LogP contribution in [-0.2, 0) is 11.8 Å². The van der Waals surface area contributed by atoms with Crippen molar-refractivity contribution < 1.29 is 0 Å². The van der Waals surface area contributed by atoms with Crippen molar-refractivity contribution in [3.63, 3.8) is 0 Å². The van der Waals surface area contributed by atoms with Gasteiger partial charge < -0.3 is 14.0 Å². The number of allylic oxidation sites excluding steroid dienone is 3. The molecule has 11 aromatic rings. The maximum atomic E-state index is 5.38. The van der Waals surface area contributed by atoms with Crippen LogP contribution in [0.3, 0.4) is 0 Å². The summed E-state index contributed by atoms with van der Waals surface area (Å²) in [5.41, 5.74) is 13.2. The first-order valence-corrected chi connectivity index (χ1v) is 22.0. The summed E-state index contributed by atoms with van der Waals surface area (Å²) in [4.78, 5) is 18.0. The SMILES string of the molecule is CN(c1nc(-n2c3ccccc3c3cc(-n4c5ccccc5c5ccccc54)ccc32)nc(C(C)(C)C)n1)c1ccc(-n2c3c(c4ccccc42)C=CC=CC3)cc1-c1ccccc1. The summed E-state index contributed by atoms with van der Waals surface area (Å²) in [5.74, 6) is 1.87. The van der Waals surface area contributed by atoms with Gasteiger partial charge in [0.1, 0.15) is 5.82 Å². The van der Waals surface area contributed by atoms with Crippen molar-refractivity contribution in [2.45, 2.75) is 32.6 Å². The lowest BCUT2D eigenvalue weighted by atomic mass is 9.96. The van der Waals surface area contributed by atoms with Gasteiger partial charge in [0.05, 0.1) is 33.3 Å². The van der Waals surface area contributed by atoms with E-state index < -0.39 is 0 Å². The molecule has 308 valence electrons. The van der Waals surface area contributed by atoms with E-state index in [-0.39, 0.29) is 5.41 Å². The van der Waals surface area contributed by atoms with Gasteiger partial charge in [0.2, 0.25) is 11.9 Å². The lowest BCUT2D eigenvalue weighted by Crippen LogP contribution is -2.23. The maximum Gasteiger partial charge on any atom is 0.239 e. The second kappa shape index (κ2) is 14.5. The Morgan fingerprint density at radius 1 is 0.500 bits per heavy atom. The first kappa shape index (κ1) is 37.7. The van der Waals surface area contributed by atoms with Gasteiger partial charge in [0.15, 0.2) is 0 Å². The van der Waals surface area contributed by atoms with Crippen LogP contribution < -0.4 is 4.90 Å². The number of rotatable bonds is 6. The molecule has 0 unspecified atom stereocenters. The highest BCUT2D eigenvalue weighted by molar-refractivity contribution is 6.12. The molecule has 4 aromatic heterocycles. The van der Waals surface area contributed by atoms with Crippen LogP contribution in [0.25, 0.3) is 89.0 Å². The molecule has 64 heavy (non-hydrogen) atoms. The summed E-state index contributed by atoms with van der Waals surface area (Å²) >= 11 is 0. The number of benzene rings is 7. The lowest BCUT2D eigenvalue weighted by Gasteiger charge is -2.25. The summed E-state index contributed by atoms with van der Waals surface area (Å²) in [7, 11) is 2.07. The largest absolute Gasteiger partial charge is 0.313 e. The molecule has 7 aromatic carbocycles. The van der Waals surface area contributed by atoms with Crippen LogP contribution in [-0.4, -0.2) is 35.7 Å². The van der Waals surface area contributed by atoms with Gasteiger partial charge >= 0.3 is 0 Å². The molecule has 7 nitrogen and oxygen atoms in total. The molecule has 0 N–H and O–H groups in total. The second-order valence-electron chi connectivity index (χ2n) is 17.8. The van der Waals surface area contributed by atoms with E-state index in [1.807, 2.05) is 0 Å². The number of hydrogen-bond acceptors (Lipinski definition) is 4. The molecule has 0 atom stereocenters. The van der Waals surface area contributed by atoms with Gasteiger partial charge in [-0.3, -0.25) is 4.57 Å². The minimum atomic E-state index is -0.363. The first-order valence-electron chi connectivity index (χ1n) is 22.0. The number of aromatic nitrogens is 6. The van der Waals surface area contributed by atoms with Crippen molar-refractivity contribution in [3.8, 4) is 28.5 Å². The molecule has 1 aliphatic carbocycles. The van der Waals surface area contributed by atoms with Crippen molar-refractivity contribution in [2.24, 2.45) is 0 Å². The Kier molecular flexibility index (Phi) is 8.56. The molecule has 0 spiro atoms. The summed E-state index contributed by atoms with van der Waals surface area (Å²) in [6, 6.07) is 58.8. The summed E-state index contributed by atoms with van der Waals surface area (Å²) in [5, 5.41) is 6.00. The van der Waals surface area contributed by atoms with Gasteiger partial charge in [-0.05, 0) is 66.2 Å². The highest BCUT2D eigenvalue weighted by Gasteiger charge is 2.26. The molecular weight excluding hydrogens is 783 g/mol. The van der Waals surface area contributed by atoms with E-state index in [0.29, 0.717) is 17.7 Å². The maximum absolute atomic E-state index is 5.38. The average Bonchev–Trinajstić information content (AvgIpc) is 3.88. The minimum absolute atomic E-state index is 0.363. The van der Waals surface area contributed by atoms with Gasteiger partial charge in [0, 0.05) is 74.0 Å². The van der Waals surface area contributed by atoms with Gasteiger partial charge in [-0.15, -0.1) is 0 Å². The van der Waals surface area contributed by atoms with Crippen LogP contribution in [0.15, 0.2) is 182 Å². The highest BCUT2D eigenvalue weighted by atomic mass is 15.3. The zero-order valence-electron chi connectivity index (χ0n) is 36.2. The number of fused-ring (bicyclic) bond motifs is 9. The van der Waals surface area contributed by atoms with Crippen molar-refractivity contribution in [1.29, 1.82) is 0 Å². The predicted molar refractivity (Wildman–Crippen MR) is 266 cm³/mol. The summed E-state index contributed by atoms with van der Waals surface area (Å²) in [6.45, 7) is 6.50. The third-order valence-corrected chi connectivity index (χ3v) is 12.8. The molecule has 0 bridgehead atoms. The van der Waals surface area contributed by atoms with Crippen LogP contribution >= 0.6 is 0 Å². The van der Waals surface area contributed by atoms with E-state index in [4.69, 9.17) is 15.0 Å². The van der Waals surface area contributed by atoms with Crippen molar-refractivity contribution >= 4 is 72.2 Å². The molecule has 0 saturated heterocycles. The van der Waals surface area contributed by atoms with Crippen molar-refractivity contribution in [2.75, 3.05) is 11.9 Å². The predicted octanol–water partition coefficient (Wildman–Crippen LogP) is 13.9. The standard InChI is InChI=1S/C57H45N7/c1-57(2,3)54-58-55(61(4)47-33-31-38(35-45(47)37-19-7-5-8-20-37)62-48-26-10-6-9-21-40(48)41-22-11-15-27-49(41)62)60-56(59-54)64-52-30-18-14-25-44(52)46-36-39(32-34-53(46)64)63-50-28-16-12-23-42(50)43-24-13-17-29-51(43)63/h5-25,27-36H,26H2,1-4H3. The van der Waals surface area contributed by atoms with Crippen LogP contribution in [0, 0.1) is 0 Å². The number of anilines is 2. The zero-order valence-corrected chi connectivity index (χ0v) is 36.2. The first-order chi connectivity index (χ1) is 31.3. The van der Waals surface area contributed by atoms with Crippen molar-refractivity contribution in [3.05, 3.63) is 199 Å². The van der Waals surface area contributed by atoms with Crippen LogP contribution in [0.5, 0.6) is 0 Å². The van der Waals surface area contributed by atoms with E-state index in [9.17, 15) is 0 Å². The molecule has 0 saturated carbocycles. The van der Waals surface area contributed by atoms with Crippen LogP contribution in [0.1, 0.15) is 37.9 Å². The highest BCUT2D eigenvalue weighted by Crippen LogP contribution is 2.41. The molecule has 0 fully saturated rings. The molecule has 0 amide bonds. The quantitative estimate of drug-likeness (QED) is 0.168. The fraction of sp³-hybridized carbons (Fsp3) is 0.105. The smallest absolute Gasteiger partial charge is 0.239 e. The van der Waals surface area contributed by atoms with Crippen LogP contribution in [0.4, 0.5) is 11.6 Å². The lowest BCUT2D eigenvalue weighted by molar-refractivity contribution is 0.539. The Labute approximate surface area is 371 Å². The van der Waals surface area contributed by atoms with E-state index >= 15 is 0 Å². The molecular formula is C57H45N7. The van der Waals surface area contributed by atoms with Gasteiger partial charge in [-0.1, -0.05) is 148 Å². The third-order valence-electron chi connectivity index (χ3n) is 12.8. The topological polar surface area (TPSA) is 56.7 Å². The Morgan fingerprint density at radius 2 is 1.06 bits per heavy atom. The van der Waals surface area contributed by atoms with E-state index in [2.05, 4.69) is 235 Å². The Bertz CT molecular complexity index is 3650. The zero-order chi connectivity index (χ0) is 43.1. The molecule has 0 aliphatic heterocycles. The molecule has 4 heterocycles. The van der Waals surface area contributed by atoms with Gasteiger partial charge in [-0.2, -0.15) is 15.0 Å². The summed E-state index contributed by atoms with van der Waals surface area (Å²) in [6.07, 6.45) is 9.61. The minimum Gasteiger partial charge on any atom is -0.313 e. The monoisotopic (exact) mass is 827 g/mol. The average molecular weight is 828 g/mol. The van der Waals surface area contributed by atoms with Gasteiger partial charge in [-0.25, -0.2) is 0 Å². The normalized spacial score (nSPS) is 12.8. The van der Waals surface area contributed by atoms with Gasteiger partial charge in [0.25, 0.3) is 0 Å². The molecule has 12 rings (SSSR count). The Balaban J connectivity index is 1.04. The molecule has 0 radical (unpaired) electrons. The number of hydrogen-bond donors (Lipinski definition) is 0. The molecule has 7 heteroatoms. The fourth-order valence-corrected chi connectivity index (χ4v) is 9.78. The second-order valence-corrected chi connectivity index (χ2v) is 17.8. The third kappa shape index (κ3) is 5.92. The van der Waals surface area contributed by atoms with E-state index in [0.717, 1.165) is 56.4 Å². The van der Waals surface area contributed by atoms with E-state index in [1.165, 1.54) is 44.0 Å². The fourth-order valence-electron chi connectivity index (χ4n) is 9.78. The van der Waals surface area contributed by atoms with E-state index in [1.54, 1.807) is 0 Å². The number of para-hydroxylation sites is 4.